The highest BCUT2D eigenvalue weighted by molar-refractivity contribution is 6.01. The number of hydrogen-bond acceptors (Lipinski definition) is 4. The van der Waals surface area contributed by atoms with Crippen LogP contribution in [0.1, 0.15) is 44.3 Å². The highest BCUT2D eigenvalue weighted by Gasteiger charge is 2.11. The summed E-state index contributed by atoms with van der Waals surface area (Å²) in [5, 5.41) is 9.47. The van der Waals surface area contributed by atoms with Crippen LogP contribution in [0.2, 0.25) is 0 Å². The van der Waals surface area contributed by atoms with E-state index < -0.39 is 5.82 Å². The Bertz CT molecular complexity index is 861. The van der Waals surface area contributed by atoms with Crippen molar-refractivity contribution in [1.82, 2.24) is 10.6 Å². The number of anilines is 1. The molecule has 2 aromatic rings. The summed E-state index contributed by atoms with van der Waals surface area (Å²) < 4.78 is 24.3. The topological polar surface area (TPSA) is 109 Å². The van der Waals surface area contributed by atoms with E-state index in [0.29, 0.717) is 24.9 Å². The second-order valence-corrected chi connectivity index (χ2v) is 7.44. The Kier molecular flexibility index (Phi) is 8.71. The number of nitrogens with zero attached hydrogens (tertiary/aromatic N) is 2. The van der Waals surface area contributed by atoms with Gasteiger partial charge in [0.25, 0.3) is 0 Å². The Labute approximate surface area is 182 Å². The molecular formula is C22H31FN6O2. The van der Waals surface area contributed by atoms with Gasteiger partial charge in [0.15, 0.2) is 17.5 Å². The third-order valence-corrected chi connectivity index (χ3v) is 5.12. The van der Waals surface area contributed by atoms with Crippen molar-refractivity contribution >= 4 is 17.6 Å². The first-order valence-corrected chi connectivity index (χ1v) is 10.6. The Morgan fingerprint density at radius 2 is 2.03 bits per heavy atom. The first-order valence-electron chi connectivity index (χ1n) is 10.6. The fourth-order valence-corrected chi connectivity index (χ4v) is 3.45. The van der Waals surface area contributed by atoms with Gasteiger partial charge in [-0.2, -0.15) is 4.99 Å². The van der Waals surface area contributed by atoms with E-state index in [9.17, 15) is 4.39 Å². The van der Waals surface area contributed by atoms with Crippen molar-refractivity contribution in [1.29, 1.82) is 0 Å². The quantitative estimate of drug-likeness (QED) is 0.304. The maximum Gasteiger partial charge on any atom is 0.227 e. The summed E-state index contributed by atoms with van der Waals surface area (Å²) in [6.45, 7) is 0.785. The molecule has 5 N–H and O–H groups in total. The second kappa shape index (κ2) is 11.9. The molecule has 31 heavy (non-hydrogen) atoms. The summed E-state index contributed by atoms with van der Waals surface area (Å²) in [7, 11) is 1.42. The van der Waals surface area contributed by atoms with Gasteiger partial charge in [0.2, 0.25) is 5.96 Å². The lowest BCUT2D eigenvalue weighted by atomic mass is 10.1. The summed E-state index contributed by atoms with van der Waals surface area (Å²) in [6, 6.07) is 8.65. The maximum atomic E-state index is 14.1. The monoisotopic (exact) mass is 430 g/mol. The first kappa shape index (κ1) is 22.6. The molecule has 1 heterocycles. The van der Waals surface area contributed by atoms with Gasteiger partial charge in [-0.3, -0.25) is 5.32 Å². The molecule has 0 unspecified atom stereocenters. The fraction of sp³-hybridized carbons (Fsp3) is 0.455. The van der Waals surface area contributed by atoms with E-state index in [0.717, 1.165) is 18.6 Å². The van der Waals surface area contributed by atoms with Crippen LogP contribution in [0.4, 0.5) is 10.1 Å². The van der Waals surface area contributed by atoms with Crippen LogP contribution in [0.3, 0.4) is 0 Å². The number of furan rings is 1. The van der Waals surface area contributed by atoms with Gasteiger partial charge in [-0.1, -0.05) is 25.7 Å². The summed E-state index contributed by atoms with van der Waals surface area (Å²) >= 11 is 0. The zero-order valence-electron chi connectivity index (χ0n) is 17.9. The molecule has 8 nitrogen and oxygen atoms in total. The molecule has 3 rings (SSSR count). The molecule has 1 aromatic carbocycles. The molecule has 0 spiro atoms. The maximum absolute atomic E-state index is 14.1. The van der Waals surface area contributed by atoms with Crippen molar-refractivity contribution in [2.24, 2.45) is 15.7 Å². The van der Waals surface area contributed by atoms with E-state index in [1.165, 1.54) is 38.9 Å². The van der Waals surface area contributed by atoms with Crippen molar-refractivity contribution in [2.75, 3.05) is 19.1 Å². The third kappa shape index (κ3) is 7.60. The Morgan fingerprint density at radius 3 is 2.71 bits per heavy atom. The molecule has 168 valence electrons. The first-order chi connectivity index (χ1) is 15.1. The Morgan fingerprint density at radius 1 is 1.23 bits per heavy atom. The number of halogens is 1. The highest BCUT2D eigenvalue weighted by atomic mass is 19.1. The van der Waals surface area contributed by atoms with E-state index >= 15 is 0 Å². The van der Waals surface area contributed by atoms with Crippen molar-refractivity contribution in [3.05, 3.63) is 48.2 Å². The van der Waals surface area contributed by atoms with Gasteiger partial charge in [-0.25, -0.2) is 9.38 Å². The highest BCUT2D eigenvalue weighted by Crippen LogP contribution is 2.21. The molecule has 0 radical (unpaired) electrons. The zero-order valence-corrected chi connectivity index (χ0v) is 17.9. The normalized spacial score (nSPS) is 16.1. The van der Waals surface area contributed by atoms with E-state index in [2.05, 4.69) is 25.9 Å². The summed E-state index contributed by atoms with van der Waals surface area (Å²) in [5.41, 5.74) is 6.51. The molecular weight excluding hydrogens is 399 g/mol. The third-order valence-electron chi connectivity index (χ3n) is 5.12. The number of benzene rings is 1. The van der Waals surface area contributed by atoms with E-state index in [4.69, 9.17) is 14.9 Å². The van der Waals surface area contributed by atoms with Gasteiger partial charge in [-0.15, -0.1) is 0 Å². The molecule has 0 saturated heterocycles. The van der Waals surface area contributed by atoms with Crippen molar-refractivity contribution in [3.8, 4) is 5.75 Å². The van der Waals surface area contributed by atoms with E-state index in [-0.39, 0.29) is 17.7 Å². The zero-order chi connectivity index (χ0) is 21.9. The number of guanidine groups is 2. The van der Waals surface area contributed by atoms with Gasteiger partial charge >= 0.3 is 0 Å². The van der Waals surface area contributed by atoms with Crippen molar-refractivity contribution < 1.29 is 13.5 Å². The van der Waals surface area contributed by atoms with Crippen molar-refractivity contribution in [2.45, 2.75) is 51.1 Å². The van der Waals surface area contributed by atoms with Gasteiger partial charge < -0.3 is 25.5 Å². The van der Waals surface area contributed by atoms with Crippen LogP contribution < -0.4 is 26.4 Å². The van der Waals surface area contributed by atoms with Crippen LogP contribution in [-0.2, 0) is 6.54 Å². The average molecular weight is 431 g/mol. The fourth-order valence-electron chi connectivity index (χ4n) is 3.45. The summed E-state index contributed by atoms with van der Waals surface area (Å²) in [5.74, 6) is 0.872. The van der Waals surface area contributed by atoms with Crippen LogP contribution in [0.15, 0.2) is 51.0 Å². The molecule has 9 heteroatoms. The van der Waals surface area contributed by atoms with Crippen LogP contribution in [0, 0.1) is 5.82 Å². The molecule has 1 aromatic heterocycles. The molecule has 1 saturated carbocycles. The van der Waals surface area contributed by atoms with Crippen molar-refractivity contribution in [3.63, 3.8) is 0 Å². The predicted molar refractivity (Wildman–Crippen MR) is 121 cm³/mol. The molecule has 0 aliphatic heterocycles. The number of rotatable bonds is 7. The smallest absolute Gasteiger partial charge is 0.227 e. The number of methoxy groups -OCH3 is 1. The Hall–Kier alpha value is -3.07. The molecule has 1 fully saturated rings. The van der Waals surface area contributed by atoms with Crippen LogP contribution >= 0.6 is 0 Å². The molecule has 0 bridgehead atoms. The lowest BCUT2D eigenvalue weighted by molar-refractivity contribution is 0.386. The molecule has 0 amide bonds. The summed E-state index contributed by atoms with van der Waals surface area (Å²) in [6.07, 6.45) is 8.95. The van der Waals surface area contributed by atoms with Crippen LogP contribution in [0.5, 0.6) is 5.75 Å². The summed E-state index contributed by atoms with van der Waals surface area (Å²) in [4.78, 5) is 8.84. The molecule has 1 aliphatic rings. The largest absolute Gasteiger partial charge is 0.494 e. The van der Waals surface area contributed by atoms with E-state index in [1.54, 1.807) is 24.5 Å². The number of nitrogens with one attached hydrogen (secondary N) is 3. The van der Waals surface area contributed by atoms with E-state index in [1.807, 2.05) is 6.07 Å². The van der Waals surface area contributed by atoms with Crippen LogP contribution in [0.25, 0.3) is 0 Å². The van der Waals surface area contributed by atoms with Gasteiger partial charge in [0.1, 0.15) is 5.76 Å². The lowest BCUT2D eigenvalue weighted by Gasteiger charge is -2.15. The molecule has 0 atom stereocenters. The number of nitrogens with two attached hydrogens (primary N) is 1. The SMILES string of the molecule is COc1ccc(NC(=N/CNC2CCCCCC2)/N=C(\N)NCc2ccco2)cc1F. The van der Waals surface area contributed by atoms with Gasteiger partial charge in [0, 0.05) is 17.8 Å². The number of hydrogen-bond donors (Lipinski definition) is 4. The predicted octanol–water partition coefficient (Wildman–Crippen LogP) is 3.57. The van der Waals surface area contributed by atoms with Crippen LogP contribution in [-0.4, -0.2) is 31.7 Å². The minimum absolute atomic E-state index is 0.169. The minimum Gasteiger partial charge on any atom is -0.494 e. The lowest BCUT2D eigenvalue weighted by Crippen LogP contribution is -2.33. The Balaban J connectivity index is 1.67. The number of aliphatic imine (C=N–C) groups is 2. The second-order valence-electron chi connectivity index (χ2n) is 7.44. The number of ether oxygens (including phenoxy) is 1. The van der Waals surface area contributed by atoms with Gasteiger partial charge in [0.05, 0.1) is 26.6 Å². The molecule has 1 aliphatic carbocycles. The standard InChI is InChI=1S/C22H31FN6O2/c1-30-20-11-10-17(13-19(20)23)28-22(27-15-26-16-7-4-2-3-5-8-16)29-21(24)25-14-18-9-6-12-31-18/h6,9-13,16,26H,2-5,7-8,14-15H2,1H3,(H4,24,25,27,28,29). The minimum atomic E-state index is -0.476. The average Bonchev–Trinajstić information content (AvgIpc) is 3.15. The van der Waals surface area contributed by atoms with Gasteiger partial charge in [-0.05, 0) is 37.1 Å².